The molecule has 0 unspecified atom stereocenters. The van der Waals surface area contributed by atoms with Crippen LogP contribution in [0.1, 0.15) is 68.3 Å². The number of likely N-dealkylation sites (tertiary alicyclic amines) is 1. The minimum absolute atomic E-state index is 0.0441. The molecule has 2 saturated carbocycles. The van der Waals surface area contributed by atoms with Gasteiger partial charge >= 0.3 is 0 Å². The Morgan fingerprint density at radius 3 is 2.49 bits per heavy atom. The zero-order chi connectivity index (χ0) is 28.2. The van der Waals surface area contributed by atoms with Crippen LogP contribution in [-0.4, -0.2) is 74.6 Å². The van der Waals surface area contributed by atoms with Gasteiger partial charge in [0.05, 0.1) is 23.8 Å². The third kappa shape index (κ3) is 6.92. The number of nitrogens with one attached hydrogen (secondary N) is 4. The molecule has 41 heavy (non-hydrogen) atoms. The van der Waals surface area contributed by atoms with Crippen molar-refractivity contribution in [3.63, 3.8) is 0 Å². The number of anilines is 3. The highest BCUT2D eigenvalue weighted by atomic mass is 19.1. The third-order valence-electron chi connectivity index (χ3n) is 8.28. The molecule has 11 nitrogen and oxygen atoms in total. The van der Waals surface area contributed by atoms with E-state index in [2.05, 4.69) is 36.1 Å². The maximum atomic E-state index is 14.1. The van der Waals surface area contributed by atoms with Crippen LogP contribution in [0, 0.1) is 11.7 Å². The van der Waals surface area contributed by atoms with Crippen LogP contribution in [0.4, 0.5) is 21.6 Å². The van der Waals surface area contributed by atoms with Crippen LogP contribution < -0.4 is 21.3 Å². The van der Waals surface area contributed by atoms with E-state index in [9.17, 15) is 14.0 Å². The molecular formula is C29H38FN9O2. The molecule has 2 aliphatic carbocycles. The largest absolute Gasteiger partial charge is 0.379 e. The van der Waals surface area contributed by atoms with Crippen LogP contribution in [0.15, 0.2) is 30.7 Å². The van der Waals surface area contributed by atoms with Crippen molar-refractivity contribution in [2.45, 2.75) is 69.9 Å². The van der Waals surface area contributed by atoms with Gasteiger partial charge in [-0.15, -0.1) is 5.10 Å². The smallest absolute Gasteiger partial charge is 0.276 e. The van der Waals surface area contributed by atoms with Crippen LogP contribution in [0.2, 0.25) is 0 Å². The summed E-state index contributed by atoms with van der Waals surface area (Å²) in [7, 11) is 0. The summed E-state index contributed by atoms with van der Waals surface area (Å²) in [4.78, 5) is 36.1. The first-order valence-corrected chi connectivity index (χ1v) is 14.8. The molecule has 4 heterocycles. The number of amides is 2. The summed E-state index contributed by atoms with van der Waals surface area (Å²) in [6, 6.07) is 3.96. The summed E-state index contributed by atoms with van der Waals surface area (Å²) in [5, 5.41) is 17.5. The van der Waals surface area contributed by atoms with E-state index in [-0.39, 0.29) is 23.3 Å². The third-order valence-corrected chi connectivity index (χ3v) is 8.28. The predicted octanol–water partition coefficient (Wildman–Crippen LogP) is 3.66. The molecule has 3 fully saturated rings. The van der Waals surface area contributed by atoms with Crippen molar-refractivity contribution in [3.05, 3.63) is 42.2 Å². The number of carbonyl (C=O) groups excluding carboxylic acids is 2. The van der Waals surface area contributed by atoms with Gasteiger partial charge in [0, 0.05) is 43.9 Å². The number of hydrogen-bond acceptors (Lipinski definition) is 8. The van der Waals surface area contributed by atoms with Crippen molar-refractivity contribution in [2.24, 2.45) is 5.92 Å². The molecule has 1 saturated heterocycles. The van der Waals surface area contributed by atoms with E-state index < -0.39 is 11.7 Å². The first-order valence-electron chi connectivity index (χ1n) is 14.8. The molecule has 2 amide bonds. The molecule has 6 rings (SSSR count). The Kier molecular flexibility index (Phi) is 8.26. The minimum atomic E-state index is -0.615. The summed E-state index contributed by atoms with van der Waals surface area (Å²) < 4.78 is 15.6. The molecule has 218 valence electrons. The van der Waals surface area contributed by atoms with Crippen molar-refractivity contribution >= 4 is 34.7 Å². The van der Waals surface area contributed by atoms with Crippen molar-refractivity contribution in [1.29, 1.82) is 0 Å². The monoisotopic (exact) mass is 563 g/mol. The average molecular weight is 564 g/mol. The molecule has 3 aromatic rings. The first kappa shape index (κ1) is 27.4. The molecule has 0 bridgehead atoms. The van der Waals surface area contributed by atoms with Crippen LogP contribution in [-0.2, 0) is 4.79 Å². The number of carbonyl (C=O) groups is 2. The van der Waals surface area contributed by atoms with Gasteiger partial charge in [0.25, 0.3) is 5.91 Å². The summed E-state index contributed by atoms with van der Waals surface area (Å²) in [5.74, 6) is 0.0620. The number of hydrogen-bond donors (Lipinski definition) is 4. The van der Waals surface area contributed by atoms with E-state index >= 15 is 0 Å². The second-order valence-corrected chi connectivity index (χ2v) is 11.5. The number of aromatic nitrogens is 4. The quantitative estimate of drug-likeness (QED) is 0.278. The van der Waals surface area contributed by atoms with E-state index in [1.807, 2.05) is 6.07 Å². The van der Waals surface area contributed by atoms with Gasteiger partial charge in [-0.3, -0.25) is 14.6 Å². The topological polar surface area (TPSA) is 129 Å². The second-order valence-electron chi connectivity index (χ2n) is 11.5. The lowest BCUT2D eigenvalue weighted by Gasteiger charge is -2.29. The Bertz CT molecular complexity index is 1380. The number of nitrogens with zero attached hydrogens (tertiary/aromatic N) is 5. The Balaban J connectivity index is 1.08. The van der Waals surface area contributed by atoms with E-state index in [1.54, 1.807) is 0 Å². The Labute approximate surface area is 238 Å². The van der Waals surface area contributed by atoms with Gasteiger partial charge in [-0.25, -0.2) is 13.9 Å². The molecule has 3 aromatic heterocycles. The lowest BCUT2D eigenvalue weighted by atomic mass is 9.84. The molecule has 1 aliphatic heterocycles. The summed E-state index contributed by atoms with van der Waals surface area (Å²) in [6.45, 7) is 3.96. The molecule has 4 N–H and O–H groups in total. The molecular weight excluding hydrogens is 525 g/mol. The molecule has 3 aliphatic rings. The molecule has 0 spiro atoms. The Hall–Kier alpha value is -3.80. The maximum Gasteiger partial charge on any atom is 0.276 e. The van der Waals surface area contributed by atoms with Crippen molar-refractivity contribution < 1.29 is 14.0 Å². The number of halogens is 1. The van der Waals surface area contributed by atoms with Crippen molar-refractivity contribution in [2.75, 3.05) is 42.1 Å². The van der Waals surface area contributed by atoms with Gasteiger partial charge < -0.3 is 26.2 Å². The summed E-state index contributed by atoms with van der Waals surface area (Å²) in [5.41, 5.74) is 1.60. The van der Waals surface area contributed by atoms with Gasteiger partial charge in [0.15, 0.2) is 17.2 Å². The van der Waals surface area contributed by atoms with Gasteiger partial charge in [0.2, 0.25) is 5.91 Å². The van der Waals surface area contributed by atoms with Crippen molar-refractivity contribution in [3.8, 4) is 0 Å². The highest BCUT2D eigenvalue weighted by Gasteiger charge is 2.27. The standard InChI is InChI=1S/C29H38FN9O2/c30-22-17-31-10-9-23(22)36-29(41)25-18-33-28-24(34-20-7-8-20)16-26(37-39(25)28)35-21-5-3-19(4-6-21)15-27(40)32-11-14-38-12-1-2-13-38/h9-10,16-21,34H,1-8,11-15H2,(H,32,40)(H,35,37)(H,31,36,41). The van der Waals surface area contributed by atoms with E-state index in [0.717, 1.165) is 76.6 Å². The number of imidazole rings is 1. The average Bonchev–Trinajstić information content (AvgIpc) is 3.43. The van der Waals surface area contributed by atoms with E-state index in [1.165, 1.54) is 35.8 Å². The highest BCUT2D eigenvalue weighted by Crippen LogP contribution is 2.31. The molecule has 0 radical (unpaired) electrons. The summed E-state index contributed by atoms with van der Waals surface area (Å²) in [6.07, 6.45) is 13.0. The molecule has 0 aromatic carbocycles. The van der Waals surface area contributed by atoms with Crippen molar-refractivity contribution in [1.82, 2.24) is 29.8 Å². The van der Waals surface area contributed by atoms with Crippen LogP contribution in [0.3, 0.4) is 0 Å². The number of pyridine rings is 1. The Morgan fingerprint density at radius 1 is 0.976 bits per heavy atom. The predicted molar refractivity (Wildman–Crippen MR) is 154 cm³/mol. The maximum absolute atomic E-state index is 14.1. The lowest BCUT2D eigenvalue weighted by Crippen LogP contribution is -2.35. The normalized spacial score (nSPS) is 21.1. The number of fused-ring (bicyclic) bond motifs is 1. The van der Waals surface area contributed by atoms with Gasteiger partial charge in [-0.05, 0) is 76.4 Å². The highest BCUT2D eigenvalue weighted by molar-refractivity contribution is 6.03. The van der Waals surface area contributed by atoms with Crippen LogP contribution >= 0.6 is 0 Å². The van der Waals surface area contributed by atoms with Crippen LogP contribution in [0.5, 0.6) is 0 Å². The fraction of sp³-hybridized carbons (Fsp3) is 0.552. The molecule has 12 heteroatoms. The van der Waals surface area contributed by atoms with Gasteiger partial charge in [-0.2, -0.15) is 0 Å². The van der Waals surface area contributed by atoms with Crippen LogP contribution in [0.25, 0.3) is 5.65 Å². The summed E-state index contributed by atoms with van der Waals surface area (Å²) >= 11 is 0. The van der Waals surface area contributed by atoms with E-state index in [4.69, 9.17) is 5.10 Å². The fourth-order valence-electron chi connectivity index (χ4n) is 5.82. The molecule has 0 atom stereocenters. The van der Waals surface area contributed by atoms with Gasteiger partial charge in [0.1, 0.15) is 5.82 Å². The zero-order valence-electron chi connectivity index (χ0n) is 23.2. The Morgan fingerprint density at radius 2 is 1.73 bits per heavy atom. The van der Waals surface area contributed by atoms with E-state index in [0.29, 0.717) is 29.8 Å². The zero-order valence-corrected chi connectivity index (χ0v) is 23.2. The number of rotatable bonds is 11. The first-order chi connectivity index (χ1) is 20.0. The SMILES string of the molecule is O=C(CC1CCC(Nc2cc(NC3CC3)c3ncc(C(=O)Nc4ccncc4F)n3n2)CC1)NCCN1CCCC1. The van der Waals surface area contributed by atoms with Gasteiger partial charge in [-0.1, -0.05) is 0 Å². The fourth-order valence-corrected chi connectivity index (χ4v) is 5.82. The minimum Gasteiger partial charge on any atom is -0.379 e. The second kappa shape index (κ2) is 12.4. The lowest BCUT2D eigenvalue weighted by molar-refractivity contribution is -0.122.